The molecule has 1 unspecified atom stereocenters. The van der Waals surface area contributed by atoms with Crippen molar-refractivity contribution in [3.8, 4) is 0 Å². The highest BCUT2D eigenvalue weighted by Gasteiger charge is 2.21. The maximum Gasteiger partial charge on any atom is 0.338 e. The van der Waals surface area contributed by atoms with Gasteiger partial charge in [-0.2, -0.15) is 0 Å². The Bertz CT molecular complexity index is 490. The zero-order valence-corrected chi connectivity index (χ0v) is 12.2. The summed E-state index contributed by atoms with van der Waals surface area (Å²) in [5.41, 5.74) is -0.394. The lowest BCUT2D eigenvalue weighted by Crippen LogP contribution is -2.20. The quantitative estimate of drug-likeness (QED) is 0.618. The van der Waals surface area contributed by atoms with Crippen LogP contribution in [0.3, 0.4) is 0 Å². The average Bonchev–Trinajstić information content (AvgIpc) is 2.40. The van der Waals surface area contributed by atoms with Gasteiger partial charge < -0.3 is 9.84 Å². The number of carboxylic acid groups (broad SMARTS) is 1. The molecule has 1 N–H and O–H groups in total. The van der Waals surface area contributed by atoms with Gasteiger partial charge in [-0.1, -0.05) is 13.3 Å². The van der Waals surface area contributed by atoms with Gasteiger partial charge in [-0.3, -0.25) is 4.79 Å². The van der Waals surface area contributed by atoms with E-state index in [-0.39, 0.29) is 5.97 Å². The van der Waals surface area contributed by atoms with Crippen molar-refractivity contribution in [1.82, 2.24) is 0 Å². The third kappa shape index (κ3) is 4.52. The van der Waals surface area contributed by atoms with Crippen LogP contribution in [-0.4, -0.2) is 28.9 Å². The molecule has 1 atom stereocenters. The Kier molecular flexibility index (Phi) is 6.51. The number of esters is 1. The van der Waals surface area contributed by atoms with E-state index in [0.717, 1.165) is 12.5 Å². The lowest BCUT2D eigenvalue weighted by atomic mass is 10.2. The summed E-state index contributed by atoms with van der Waals surface area (Å²) < 4.78 is 18.3. The van der Waals surface area contributed by atoms with E-state index < -0.39 is 22.6 Å². The number of ether oxygens (including phenoxy) is 1. The van der Waals surface area contributed by atoms with Gasteiger partial charge in [0.25, 0.3) is 0 Å². The van der Waals surface area contributed by atoms with Crippen molar-refractivity contribution >= 4 is 23.7 Å². The average molecular weight is 300 g/mol. The number of halogens is 1. The molecule has 0 spiro atoms. The van der Waals surface area contributed by atoms with Crippen molar-refractivity contribution in [2.45, 2.75) is 36.8 Å². The Labute approximate surface area is 121 Å². The molecule has 0 saturated heterocycles. The maximum atomic E-state index is 13.3. The van der Waals surface area contributed by atoms with Crippen LogP contribution < -0.4 is 0 Å². The van der Waals surface area contributed by atoms with Gasteiger partial charge in [0, 0.05) is 4.90 Å². The van der Waals surface area contributed by atoms with Crippen LogP contribution in [0.1, 0.15) is 37.0 Å². The number of benzene rings is 1. The molecular weight excluding hydrogens is 283 g/mol. The Hall–Kier alpha value is -1.56. The van der Waals surface area contributed by atoms with Gasteiger partial charge in [-0.15, -0.1) is 11.8 Å². The second-order valence-corrected chi connectivity index (χ2v) is 5.37. The summed E-state index contributed by atoms with van der Waals surface area (Å²) in [5.74, 6) is -2.45. The van der Waals surface area contributed by atoms with Crippen LogP contribution in [0.4, 0.5) is 4.39 Å². The van der Waals surface area contributed by atoms with E-state index in [1.54, 1.807) is 6.92 Å². The molecule has 6 heteroatoms. The normalized spacial score (nSPS) is 11.9. The molecule has 0 heterocycles. The molecule has 0 aromatic heterocycles. The summed E-state index contributed by atoms with van der Waals surface area (Å²) in [6.07, 6.45) is 1.41. The van der Waals surface area contributed by atoms with Crippen molar-refractivity contribution in [2.75, 3.05) is 6.61 Å². The molecule has 0 aliphatic heterocycles. The summed E-state index contributed by atoms with van der Waals surface area (Å²) in [6.45, 7) is 3.97. The van der Waals surface area contributed by atoms with Gasteiger partial charge in [-0.25, -0.2) is 9.18 Å². The zero-order chi connectivity index (χ0) is 15.1. The first kappa shape index (κ1) is 16.5. The lowest BCUT2D eigenvalue weighted by molar-refractivity contribution is -0.142. The predicted octanol–water partition coefficient (Wildman–Crippen LogP) is 3.35. The van der Waals surface area contributed by atoms with Crippen LogP contribution in [0, 0.1) is 5.82 Å². The van der Waals surface area contributed by atoms with Crippen LogP contribution in [-0.2, 0) is 9.53 Å². The van der Waals surface area contributed by atoms with E-state index in [1.165, 1.54) is 23.9 Å². The largest absolute Gasteiger partial charge is 0.478 e. The van der Waals surface area contributed by atoms with Crippen molar-refractivity contribution < 1.29 is 23.8 Å². The van der Waals surface area contributed by atoms with Gasteiger partial charge in [0.05, 0.1) is 12.2 Å². The molecule has 0 amide bonds. The van der Waals surface area contributed by atoms with Crippen LogP contribution >= 0.6 is 11.8 Å². The number of rotatable bonds is 7. The van der Waals surface area contributed by atoms with Gasteiger partial charge in [0.1, 0.15) is 11.1 Å². The number of thioether (sulfide) groups is 1. The van der Waals surface area contributed by atoms with E-state index in [0.29, 0.717) is 17.9 Å². The van der Waals surface area contributed by atoms with Crippen molar-refractivity contribution in [1.29, 1.82) is 0 Å². The van der Waals surface area contributed by atoms with Crippen LogP contribution in [0.15, 0.2) is 23.1 Å². The molecule has 4 nitrogen and oxygen atoms in total. The molecule has 0 fully saturated rings. The topological polar surface area (TPSA) is 63.6 Å². The third-order valence-electron chi connectivity index (χ3n) is 2.55. The Morgan fingerprint density at radius 3 is 2.65 bits per heavy atom. The standard InChI is InChI=1S/C14H17FO4S/c1-3-5-12(14(18)19-4-2)20-9-6-7-11(15)10(8-9)13(16)17/h6-8,12H,3-5H2,1-2H3,(H,16,17). The molecule has 1 aromatic carbocycles. The number of carboxylic acids is 1. The first-order valence-electron chi connectivity index (χ1n) is 6.35. The Morgan fingerprint density at radius 2 is 2.10 bits per heavy atom. The van der Waals surface area contributed by atoms with E-state index in [1.807, 2.05) is 6.92 Å². The summed E-state index contributed by atoms with van der Waals surface area (Å²) in [6, 6.07) is 3.80. The molecule has 1 rings (SSSR count). The van der Waals surface area contributed by atoms with E-state index >= 15 is 0 Å². The number of hydrogen-bond donors (Lipinski definition) is 1. The van der Waals surface area contributed by atoms with Gasteiger partial charge in [-0.05, 0) is 31.5 Å². The maximum absolute atomic E-state index is 13.3. The predicted molar refractivity (Wildman–Crippen MR) is 74.5 cm³/mol. The van der Waals surface area contributed by atoms with Crippen molar-refractivity contribution in [3.05, 3.63) is 29.6 Å². The summed E-state index contributed by atoms with van der Waals surface area (Å²) in [7, 11) is 0. The summed E-state index contributed by atoms with van der Waals surface area (Å²) >= 11 is 1.20. The molecule has 20 heavy (non-hydrogen) atoms. The highest BCUT2D eigenvalue weighted by Crippen LogP contribution is 2.28. The number of aromatic carboxylic acids is 1. The zero-order valence-electron chi connectivity index (χ0n) is 11.4. The minimum Gasteiger partial charge on any atom is -0.478 e. The van der Waals surface area contributed by atoms with Gasteiger partial charge in [0.15, 0.2) is 0 Å². The molecule has 0 saturated carbocycles. The van der Waals surface area contributed by atoms with Crippen LogP contribution in [0.2, 0.25) is 0 Å². The third-order valence-corrected chi connectivity index (χ3v) is 3.79. The van der Waals surface area contributed by atoms with E-state index in [9.17, 15) is 14.0 Å². The number of carbonyl (C=O) groups excluding carboxylic acids is 1. The first-order valence-corrected chi connectivity index (χ1v) is 7.23. The Morgan fingerprint density at radius 1 is 1.40 bits per heavy atom. The second kappa shape index (κ2) is 7.89. The van der Waals surface area contributed by atoms with Crippen molar-refractivity contribution in [2.24, 2.45) is 0 Å². The van der Waals surface area contributed by atoms with Crippen molar-refractivity contribution in [3.63, 3.8) is 0 Å². The highest BCUT2D eigenvalue weighted by molar-refractivity contribution is 8.00. The number of hydrogen-bond acceptors (Lipinski definition) is 4. The van der Waals surface area contributed by atoms with E-state index in [2.05, 4.69) is 0 Å². The van der Waals surface area contributed by atoms with Crippen LogP contribution in [0.5, 0.6) is 0 Å². The minimum atomic E-state index is -1.33. The molecular formula is C14H17FO4S. The smallest absolute Gasteiger partial charge is 0.338 e. The van der Waals surface area contributed by atoms with Crippen LogP contribution in [0.25, 0.3) is 0 Å². The fraction of sp³-hybridized carbons (Fsp3) is 0.429. The molecule has 0 bridgehead atoms. The molecule has 0 radical (unpaired) electrons. The summed E-state index contributed by atoms with van der Waals surface area (Å²) in [4.78, 5) is 23.2. The van der Waals surface area contributed by atoms with Gasteiger partial charge >= 0.3 is 11.9 Å². The SMILES string of the molecule is CCCC(Sc1ccc(F)c(C(=O)O)c1)C(=O)OCC. The first-order chi connectivity index (χ1) is 9.49. The minimum absolute atomic E-state index is 0.295. The molecule has 1 aromatic rings. The van der Waals surface area contributed by atoms with E-state index in [4.69, 9.17) is 9.84 Å². The molecule has 110 valence electrons. The summed E-state index contributed by atoms with van der Waals surface area (Å²) in [5, 5.41) is 8.47. The lowest BCUT2D eigenvalue weighted by Gasteiger charge is -2.14. The highest BCUT2D eigenvalue weighted by atomic mass is 32.2. The fourth-order valence-corrected chi connectivity index (χ4v) is 2.81. The number of carbonyl (C=O) groups is 2. The monoisotopic (exact) mass is 300 g/mol. The Balaban J connectivity index is 2.90. The molecule has 0 aliphatic carbocycles. The van der Waals surface area contributed by atoms with Gasteiger partial charge in [0.2, 0.25) is 0 Å². The fourth-order valence-electron chi connectivity index (χ4n) is 1.63. The molecule has 0 aliphatic rings. The second-order valence-electron chi connectivity index (χ2n) is 4.09.